The van der Waals surface area contributed by atoms with Crippen molar-refractivity contribution >= 4 is 28.3 Å². The molecule has 1 aromatic rings. The number of aryl methyl sites for hydroxylation is 1. The first-order valence-corrected chi connectivity index (χ1v) is 7.53. The predicted octanol–water partition coefficient (Wildman–Crippen LogP) is 3.07. The molecule has 0 amide bonds. The molecule has 0 radical (unpaired) electrons. The molecule has 0 saturated carbocycles. The second-order valence-corrected chi connectivity index (χ2v) is 6.61. The van der Waals surface area contributed by atoms with Gasteiger partial charge in [0.15, 0.2) is 5.17 Å². The number of hydrogen-bond acceptors (Lipinski definition) is 4. The van der Waals surface area contributed by atoms with Crippen LogP contribution in [0.25, 0.3) is 0 Å². The van der Waals surface area contributed by atoms with Gasteiger partial charge in [-0.1, -0.05) is 11.8 Å². The highest BCUT2D eigenvalue weighted by Gasteiger charge is 2.10. The van der Waals surface area contributed by atoms with E-state index >= 15 is 0 Å². The van der Waals surface area contributed by atoms with Crippen LogP contribution in [0.4, 0.5) is 0 Å². The Bertz CT molecular complexity index is 371. The fourth-order valence-corrected chi connectivity index (χ4v) is 3.66. The van der Waals surface area contributed by atoms with Crippen molar-refractivity contribution in [3.8, 4) is 0 Å². The average molecular weight is 254 g/mol. The predicted molar refractivity (Wildman–Crippen MR) is 74.7 cm³/mol. The molecular formula is C12H18N2S2. The Morgan fingerprint density at radius 1 is 1.50 bits per heavy atom. The van der Waals surface area contributed by atoms with Gasteiger partial charge in [-0.15, -0.1) is 11.3 Å². The van der Waals surface area contributed by atoms with Crippen LogP contribution in [0.15, 0.2) is 17.1 Å². The molecule has 1 N–H and O–H groups in total. The normalized spacial score (nSPS) is 18.0. The zero-order valence-corrected chi connectivity index (χ0v) is 11.5. The van der Waals surface area contributed by atoms with Crippen molar-refractivity contribution in [2.75, 3.05) is 12.3 Å². The number of hydrogen-bond donors (Lipinski definition) is 1. The Labute approximate surface area is 106 Å². The molecule has 0 bridgehead atoms. The second kappa shape index (κ2) is 5.73. The van der Waals surface area contributed by atoms with Gasteiger partial charge in [0.25, 0.3) is 0 Å². The minimum Gasteiger partial charge on any atom is -0.362 e. The van der Waals surface area contributed by atoms with Gasteiger partial charge in [0.2, 0.25) is 0 Å². The van der Waals surface area contributed by atoms with Crippen molar-refractivity contribution in [3.63, 3.8) is 0 Å². The summed E-state index contributed by atoms with van der Waals surface area (Å²) in [6.45, 7) is 5.38. The van der Waals surface area contributed by atoms with Crippen LogP contribution in [-0.4, -0.2) is 23.5 Å². The van der Waals surface area contributed by atoms with Gasteiger partial charge in [-0.25, -0.2) is 0 Å². The topological polar surface area (TPSA) is 24.4 Å². The van der Waals surface area contributed by atoms with Crippen LogP contribution < -0.4 is 5.32 Å². The number of thiophene rings is 1. The SMILES string of the molecule is Cc1ccc(CC(C)NC2=NCCCS2)s1. The largest absolute Gasteiger partial charge is 0.362 e. The molecule has 88 valence electrons. The minimum atomic E-state index is 0.474. The number of aliphatic imine (C=N–C) groups is 1. The van der Waals surface area contributed by atoms with Gasteiger partial charge in [0, 0.05) is 34.5 Å². The molecule has 0 aromatic carbocycles. The molecule has 2 nitrogen and oxygen atoms in total. The molecule has 0 aliphatic carbocycles. The Morgan fingerprint density at radius 2 is 2.38 bits per heavy atom. The minimum absolute atomic E-state index is 0.474. The quantitative estimate of drug-likeness (QED) is 0.896. The molecular weight excluding hydrogens is 236 g/mol. The smallest absolute Gasteiger partial charge is 0.156 e. The van der Waals surface area contributed by atoms with Crippen LogP contribution in [0.2, 0.25) is 0 Å². The fourth-order valence-electron chi connectivity index (χ4n) is 1.71. The average Bonchev–Trinajstić information content (AvgIpc) is 2.65. The fraction of sp³-hybridized carbons (Fsp3) is 0.583. The molecule has 0 fully saturated rings. The standard InChI is InChI=1S/C12H18N2S2/c1-9(8-11-5-4-10(2)16-11)14-12-13-6-3-7-15-12/h4-5,9H,3,6-8H2,1-2H3,(H,13,14). The lowest BCUT2D eigenvalue weighted by Crippen LogP contribution is -2.33. The number of thioether (sulfide) groups is 1. The first-order valence-electron chi connectivity index (χ1n) is 5.73. The maximum atomic E-state index is 4.49. The van der Waals surface area contributed by atoms with Crippen LogP contribution in [0.1, 0.15) is 23.1 Å². The van der Waals surface area contributed by atoms with Crippen molar-refractivity contribution < 1.29 is 0 Å². The van der Waals surface area contributed by atoms with E-state index < -0.39 is 0 Å². The second-order valence-electron chi connectivity index (χ2n) is 4.15. The van der Waals surface area contributed by atoms with E-state index in [9.17, 15) is 0 Å². The molecule has 2 heterocycles. The van der Waals surface area contributed by atoms with Crippen molar-refractivity contribution in [1.82, 2.24) is 5.32 Å². The third-order valence-electron chi connectivity index (χ3n) is 2.47. The van der Waals surface area contributed by atoms with Crippen LogP contribution in [0, 0.1) is 6.92 Å². The molecule has 0 saturated heterocycles. The number of rotatable bonds is 3. The summed E-state index contributed by atoms with van der Waals surface area (Å²) in [5, 5.41) is 4.63. The Hall–Kier alpha value is -0.480. The molecule has 16 heavy (non-hydrogen) atoms. The highest BCUT2D eigenvalue weighted by Crippen LogP contribution is 2.17. The third kappa shape index (κ3) is 3.52. The van der Waals surface area contributed by atoms with Crippen molar-refractivity contribution in [1.29, 1.82) is 0 Å². The van der Waals surface area contributed by atoms with Gasteiger partial charge in [-0.2, -0.15) is 0 Å². The molecule has 0 spiro atoms. The van der Waals surface area contributed by atoms with E-state index in [1.165, 1.54) is 21.9 Å². The summed E-state index contributed by atoms with van der Waals surface area (Å²) in [5.41, 5.74) is 0. The molecule has 1 unspecified atom stereocenters. The Balaban J connectivity index is 1.83. The summed E-state index contributed by atoms with van der Waals surface area (Å²) >= 11 is 3.74. The van der Waals surface area contributed by atoms with Crippen LogP contribution in [-0.2, 0) is 6.42 Å². The molecule has 2 rings (SSSR count). The highest BCUT2D eigenvalue weighted by atomic mass is 32.2. The van der Waals surface area contributed by atoms with E-state index in [4.69, 9.17) is 0 Å². The number of amidine groups is 1. The van der Waals surface area contributed by atoms with Gasteiger partial charge < -0.3 is 5.32 Å². The van der Waals surface area contributed by atoms with Crippen LogP contribution in [0.3, 0.4) is 0 Å². The summed E-state index contributed by atoms with van der Waals surface area (Å²) in [7, 11) is 0. The third-order valence-corrected chi connectivity index (χ3v) is 4.51. The van der Waals surface area contributed by atoms with Gasteiger partial charge in [-0.3, -0.25) is 4.99 Å². The Morgan fingerprint density at radius 3 is 3.00 bits per heavy atom. The molecule has 1 atom stereocenters. The van der Waals surface area contributed by atoms with E-state index in [0.29, 0.717) is 6.04 Å². The van der Waals surface area contributed by atoms with E-state index in [1.54, 1.807) is 0 Å². The van der Waals surface area contributed by atoms with Gasteiger partial charge >= 0.3 is 0 Å². The zero-order chi connectivity index (χ0) is 11.4. The van der Waals surface area contributed by atoms with E-state index in [2.05, 4.69) is 36.3 Å². The lowest BCUT2D eigenvalue weighted by Gasteiger charge is -2.18. The van der Waals surface area contributed by atoms with Crippen LogP contribution in [0.5, 0.6) is 0 Å². The summed E-state index contributed by atoms with van der Waals surface area (Å²) in [6, 6.07) is 4.90. The van der Waals surface area contributed by atoms with Crippen molar-refractivity contribution in [3.05, 3.63) is 21.9 Å². The van der Waals surface area contributed by atoms with Crippen LogP contribution >= 0.6 is 23.1 Å². The summed E-state index contributed by atoms with van der Waals surface area (Å²) in [6.07, 6.45) is 2.31. The molecule has 1 aromatic heterocycles. The maximum absolute atomic E-state index is 4.49. The van der Waals surface area contributed by atoms with E-state index in [-0.39, 0.29) is 0 Å². The molecule has 4 heteroatoms. The first-order chi connectivity index (χ1) is 7.74. The molecule has 1 aliphatic rings. The molecule has 1 aliphatic heterocycles. The number of nitrogens with one attached hydrogen (secondary N) is 1. The van der Waals surface area contributed by atoms with Crippen molar-refractivity contribution in [2.24, 2.45) is 4.99 Å². The maximum Gasteiger partial charge on any atom is 0.156 e. The first kappa shape index (κ1) is 12.0. The monoisotopic (exact) mass is 254 g/mol. The van der Waals surface area contributed by atoms with E-state index in [0.717, 1.165) is 18.1 Å². The zero-order valence-electron chi connectivity index (χ0n) is 9.82. The van der Waals surface area contributed by atoms with Gasteiger partial charge in [-0.05, 0) is 32.4 Å². The summed E-state index contributed by atoms with van der Waals surface area (Å²) < 4.78 is 0. The van der Waals surface area contributed by atoms with Gasteiger partial charge in [0.05, 0.1) is 0 Å². The summed E-state index contributed by atoms with van der Waals surface area (Å²) in [5.74, 6) is 1.21. The van der Waals surface area contributed by atoms with E-state index in [1.807, 2.05) is 23.1 Å². The lowest BCUT2D eigenvalue weighted by atomic mass is 10.2. The summed E-state index contributed by atoms with van der Waals surface area (Å²) in [4.78, 5) is 7.34. The lowest BCUT2D eigenvalue weighted by molar-refractivity contribution is 0.668. The number of nitrogens with zero attached hydrogens (tertiary/aromatic N) is 1. The van der Waals surface area contributed by atoms with Gasteiger partial charge in [0.1, 0.15) is 0 Å². The Kier molecular flexibility index (Phi) is 4.29. The highest BCUT2D eigenvalue weighted by molar-refractivity contribution is 8.13. The van der Waals surface area contributed by atoms with Crippen molar-refractivity contribution in [2.45, 2.75) is 32.7 Å².